The number of benzene rings is 1. The number of carbonyl (C=O) groups excluding carboxylic acids is 1. The van der Waals surface area contributed by atoms with Crippen molar-refractivity contribution in [3.63, 3.8) is 0 Å². The molecule has 0 spiro atoms. The van der Waals surface area contributed by atoms with Crippen LogP contribution in [-0.2, 0) is 4.74 Å². The van der Waals surface area contributed by atoms with Crippen molar-refractivity contribution in [2.45, 2.75) is 18.9 Å². The van der Waals surface area contributed by atoms with Crippen molar-refractivity contribution in [3.05, 3.63) is 35.4 Å². The largest absolute Gasteiger partial charge is 0.383 e. The first-order chi connectivity index (χ1) is 10.1. The summed E-state index contributed by atoms with van der Waals surface area (Å²) in [5, 5.41) is 3.29. The van der Waals surface area contributed by atoms with Crippen LogP contribution >= 0.6 is 0 Å². The fourth-order valence-electron chi connectivity index (χ4n) is 2.50. The van der Waals surface area contributed by atoms with Gasteiger partial charge in [-0.1, -0.05) is 6.07 Å². The normalized spacial score (nSPS) is 18.0. The minimum Gasteiger partial charge on any atom is -0.383 e. The summed E-state index contributed by atoms with van der Waals surface area (Å²) in [4.78, 5) is 14.0. The average molecular weight is 298 g/mol. The Morgan fingerprint density at radius 2 is 2.29 bits per heavy atom. The molecule has 1 saturated heterocycles. The van der Waals surface area contributed by atoms with E-state index in [4.69, 9.17) is 4.74 Å². The number of hydrogen-bond donors (Lipinski definition) is 1. The van der Waals surface area contributed by atoms with Crippen molar-refractivity contribution in [3.8, 4) is 0 Å². The lowest BCUT2D eigenvalue weighted by molar-refractivity contribution is 0.0673. The number of hydrogen-bond acceptors (Lipinski definition) is 3. The van der Waals surface area contributed by atoms with E-state index in [1.807, 2.05) is 0 Å². The summed E-state index contributed by atoms with van der Waals surface area (Å²) in [5.41, 5.74) is -0.232. The van der Waals surface area contributed by atoms with Crippen LogP contribution in [0.2, 0.25) is 0 Å². The average Bonchev–Trinajstić information content (AvgIpc) is 2.98. The van der Waals surface area contributed by atoms with Gasteiger partial charge in [0.2, 0.25) is 0 Å². The minimum absolute atomic E-state index is 0.197. The van der Waals surface area contributed by atoms with Gasteiger partial charge in [0.05, 0.1) is 12.2 Å². The number of halogens is 2. The molecule has 6 heteroatoms. The standard InChI is InChI=1S/C15H20F2N2O2/c1-21-9-8-19(10-11-4-3-7-18-11)15(20)12-5-2-6-13(16)14(12)17/h2,5-6,11,18H,3-4,7-10H2,1H3. The predicted octanol–water partition coefficient (Wildman–Crippen LogP) is 1.81. The molecule has 1 heterocycles. The molecule has 0 aliphatic carbocycles. The monoisotopic (exact) mass is 298 g/mol. The molecular weight excluding hydrogens is 278 g/mol. The predicted molar refractivity (Wildman–Crippen MR) is 75.2 cm³/mol. The summed E-state index contributed by atoms with van der Waals surface area (Å²) in [6, 6.07) is 3.85. The molecule has 1 unspecified atom stereocenters. The Bertz CT molecular complexity index is 491. The second-order valence-corrected chi connectivity index (χ2v) is 5.14. The van der Waals surface area contributed by atoms with E-state index >= 15 is 0 Å². The van der Waals surface area contributed by atoms with Crippen molar-refractivity contribution in [1.82, 2.24) is 10.2 Å². The van der Waals surface area contributed by atoms with Crippen LogP contribution in [0.4, 0.5) is 8.78 Å². The molecule has 1 aromatic rings. The fourth-order valence-corrected chi connectivity index (χ4v) is 2.50. The highest BCUT2D eigenvalue weighted by atomic mass is 19.2. The zero-order chi connectivity index (χ0) is 15.2. The maximum Gasteiger partial charge on any atom is 0.257 e. The summed E-state index contributed by atoms with van der Waals surface area (Å²) >= 11 is 0. The van der Waals surface area contributed by atoms with Crippen LogP contribution in [0.1, 0.15) is 23.2 Å². The molecule has 2 rings (SSSR count). The highest BCUT2D eigenvalue weighted by molar-refractivity contribution is 5.94. The van der Waals surface area contributed by atoms with Gasteiger partial charge in [-0.05, 0) is 31.5 Å². The lowest BCUT2D eigenvalue weighted by atomic mass is 10.1. The van der Waals surface area contributed by atoms with Gasteiger partial charge in [0.25, 0.3) is 5.91 Å². The van der Waals surface area contributed by atoms with Crippen molar-refractivity contribution >= 4 is 5.91 Å². The molecule has 21 heavy (non-hydrogen) atoms. The molecule has 116 valence electrons. The Hall–Kier alpha value is -1.53. The number of ether oxygens (including phenoxy) is 1. The van der Waals surface area contributed by atoms with Gasteiger partial charge in [-0.25, -0.2) is 8.78 Å². The molecule has 0 aromatic heterocycles. The van der Waals surface area contributed by atoms with Gasteiger partial charge in [-0.2, -0.15) is 0 Å². The van der Waals surface area contributed by atoms with Crippen LogP contribution in [-0.4, -0.2) is 50.2 Å². The summed E-state index contributed by atoms with van der Waals surface area (Å²) in [7, 11) is 1.54. The molecule has 0 bridgehead atoms. The van der Waals surface area contributed by atoms with Crippen LogP contribution in [0, 0.1) is 11.6 Å². The summed E-state index contributed by atoms with van der Waals surface area (Å²) in [5.74, 6) is -2.60. The van der Waals surface area contributed by atoms with Crippen molar-refractivity contribution in [1.29, 1.82) is 0 Å². The van der Waals surface area contributed by atoms with Gasteiger partial charge < -0.3 is 15.0 Å². The Morgan fingerprint density at radius 1 is 1.48 bits per heavy atom. The first kappa shape index (κ1) is 15.9. The molecule has 1 aliphatic rings. The van der Waals surface area contributed by atoms with E-state index in [9.17, 15) is 13.6 Å². The maximum atomic E-state index is 13.8. The number of nitrogens with zero attached hydrogens (tertiary/aromatic N) is 1. The third kappa shape index (κ3) is 3.98. The van der Waals surface area contributed by atoms with Crippen molar-refractivity contribution in [2.24, 2.45) is 0 Å². The van der Waals surface area contributed by atoms with E-state index in [0.717, 1.165) is 25.5 Å². The number of rotatable bonds is 6. The number of methoxy groups -OCH3 is 1. The molecule has 1 N–H and O–H groups in total. The minimum atomic E-state index is -1.09. The van der Waals surface area contributed by atoms with E-state index in [-0.39, 0.29) is 11.6 Å². The third-order valence-electron chi connectivity index (χ3n) is 3.64. The molecule has 0 radical (unpaired) electrons. The van der Waals surface area contributed by atoms with Gasteiger partial charge in [-0.3, -0.25) is 4.79 Å². The van der Waals surface area contributed by atoms with Crippen LogP contribution in [0.15, 0.2) is 18.2 Å². The van der Waals surface area contributed by atoms with E-state index in [0.29, 0.717) is 19.7 Å². The lowest BCUT2D eigenvalue weighted by Gasteiger charge is -2.26. The van der Waals surface area contributed by atoms with Gasteiger partial charge >= 0.3 is 0 Å². The summed E-state index contributed by atoms with van der Waals surface area (Å²) in [6.45, 7) is 2.10. The number of carbonyl (C=O) groups is 1. The van der Waals surface area contributed by atoms with E-state index in [2.05, 4.69) is 5.32 Å². The van der Waals surface area contributed by atoms with Gasteiger partial charge in [0.15, 0.2) is 11.6 Å². The molecule has 4 nitrogen and oxygen atoms in total. The Morgan fingerprint density at radius 3 is 2.95 bits per heavy atom. The molecule has 1 aliphatic heterocycles. The first-order valence-corrected chi connectivity index (χ1v) is 7.09. The summed E-state index contributed by atoms with van der Waals surface area (Å²) in [6.07, 6.45) is 2.04. The van der Waals surface area contributed by atoms with Crippen molar-refractivity contribution < 1.29 is 18.3 Å². The quantitative estimate of drug-likeness (QED) is 0.871. The maximum absolute atomic E-state index is 13.8. The van der Waals surface area contributed by atoms with Crippen LogP contribution in [0.3, 0.4) is 0 Å². The molecule has 1 fully saturated rings. The van der Waals surface area contributed by atoms with Crippen LogP contribution in [0.5, 0.6) is 0 Å². The zero-order valence-electron chi connectivity index (χ0n) is 12.1. The smallest absolute Gasteiger partial charge is 0.257 e. The van der Waals surface area contributed by atoms with Gasteiger partial charge in [0.1, 0.15) is 0 Å². The van der Waals surface area contributed by atoms with Gasteiger partial charge in [-0.15, -0.1) is 0 Å². The molecular formula is C15H20F2N2O2. The van der Waals surface area contributed by atoms with Crippen molar-refractivity contribution in [2.75, 3.05) is 33.4 Å². The molecule has 1 atom stereocenters. The molecule has 1 aromatic carbocycles. The summed E-state index contributed by atoms with van der Waals surface area (Å²) < 4.78 is 32.1. The van der Waals surface area contributed by atoms with Gasteiger partial charge in [0, 0.05) is 26.2 Å². The van der Waals surface area contributed by atoms with Crippen LogP contribution < -0.4 is 5.32 Å². The highest BCUT2D eigenvalue weighted by Crippen LogP contribution is 2.15. The second kappa shape index (κ2) is 7.47. The Labute approximate surface area is 123 Å². The van der Waals surface area contributed by atoms with E-state index in [1.54, 1.807) is 7.11 Å². The topological polar surface area (TPSA) is 41.6 Å². The van der Waals surface area contributed by atoms with Crippen LogP contribution in [0.25, 0.3) is 0 Å². The second-order valence-electron chi connectivity index (χ2n) is 5.14. The fraction of sp³-hybridized carbons (Fsp3) is 0.533. The highest BCUT2D eigenvalue weighted by Gasteiger charge is 2.25. The zero-order valence-corrected chi connectivity index (χ0v) is 12.1. The van der Waals surface area contributed by atoms with E-state index in [1.165, 1.54) is 17.0 Å². The SMILES string of the molecule is COCCN(CC1CCCN1)C(=O)c1cccc(F)c1F. The molecule has 0 saturated carbocycles. The number of amides is 1. The third-order valence-corrected chi connectivity index (χ3v) is 3.64. The number of nitrogens with one attached hydrogen (secondary N) is 1. The first-order valence-electron chi connectivity index (χ1n) is 7.09. The molecule has 1 amide bonds. The van der Waals surface area contributed by atoms with E-state index < -0.39 is 17.5 Å². The lowest BCUT2D eigenvalue weighted by Crippen LogP contribution is -2.43. The Balaban J connectivity index is 2.13. The Kier molecular flexibility index (Phi) is 5.64.